The molecule has 136 valence electrons. The van der Waals surface area contributed by atoms with Crippen LogP contribution in [0.25, 0.3) is 0 Å². The third-order valence-corrected chi connectivity index (χ3v) is 3.80. The highest BCUT2D eigenvalue weighted by Gasteiger charge is 2.15. The average Bonchev–Trinajstić information content (AvgIpc) is 2.69. The second kappa shape index (κ2) is 8.09. The van der Waals surface area contributed by atoms with Gasteiger partial charge in [-0.2, -0.15) is 0 Å². The van der Waals surface area contributed by atoms with Gasteiger partial charge in [-0.15, -0.1) is 0 Å². The number of carbonyl (C=O) groups excluding carboxylic acids is 2. The Morgan fingerprint density at radius 3 is 2.15 bits per heavy atom. The summed E-state index contributed by atoms with van der Waals surface area (Å²) in [4.78, 5) is 33.5. The Labute approximate surface area is 157 Å². The molecular weight excluding hydrogens is 342 g/mol. The zero-order chi connectivity index (χ0) is 19.2. The van der Waals surface area contributed by atoms with Crippen LogP contribution in [-0.2, 0) is 4.79 Å². The first-order valence-electron chi connectivity index (χ1n) is 8.33. The van der Waals surface area contributed by atoms with Crippen LogP contribution >= 0.6 is 0 Å². The molecule has 0 aliphatic carbocycles. The molecule has 0 saturated carbocycles. The predicted octanol–water partition coefficient (Wildman–Crippen LogP) is 3.46. The van der Waals surface area contributed by atoms with Crippen molar-refractivity contribution in [3.8, 4) is 0 Å². The number of para-hydroxylation sites is 1. The summed E-state index contributed by atoms with van der Waals surface area (Å²) in [5.74, 6) is 0.156. The molecule has 3 rings (SSSR count). The summed E-state index contributed by atoms with van der Waals surface area (Å²) >= 11 is 0. The molecule has 0 aliphatic heterocycles. The van der Waals surface area contributed by atoms with Crippen LogP contribution in [0.5, 0.6) is 0 Å². The fourth-order valence-corrected chi connectivity index (χ4v) is 2.43. The van der Waals surface area contributed by atoms with Gasteiger partial charge >= 0.3 is 0 Å². The number of amides is 2. The first-order valence-corrected chi connectivity index (χ1v) is 8.33. The summed E-state index contributed by atoms with van der Waals surface area (Å²) in [6.07, 6.45) is 2.95. The Bertz CT molecular complexity index is 925. The van der Waals surface area contributed by atoms with Crippen molar-refractivity contribution in [3.05, 3.63) is 72.7 Å². The van der Waals surface area contributed by atoms with Crippen molar-refractivity contribution in [1.29, 1.82) is 0 Å². The number of aromatic nitrogens is 2. The second-order valence-corrected chi connectivity index (χ2v) is 5.87. The van der Waals surface area contributed by atoms with Crippen molar-refractivity contribution in [2.75, 3.05) is 22.6 Å². The molecule has 0 atom stereocenters. The third kappa shape index (κ3) is 4.66. The molecule has 27 heavy (non-hydrogen) atoms. The maximum atomic E-state index is 12.5. The minimum atomic E-state index is -0.236. The minimum Gasteiger partial charge on any atom is -0.339 e. The third-order valence-electron chi connectivity index (χ3n) is 3.80. The van der Waals surface area contributed by atoms with Crippen molar-refractivity contribution in [2.45, 2.75) is 6.92 Å². The Balaban J connectivity index is 1.66. The van der Waals surface area contributed by atoms with E-state index in [0.717, 1.165) is 11.4 Å². The molecule has 3 aromatic rings. The lowest BCUT2D eigenvalue weighted by atomic mass is 10.2. The van der Waals surface area contributed by atoms with Crippen LogP contribution in [0.2, 0.25) is 0 Å². The normalized spacial score (nSPS) is 10.1. The van der Waals surface area contributed by atoms with Gasteiger partial charge in [0.2, 0.25) is 5.91 Å². The first-order chi connectivity index (χ1) is 13.0. The van der Waals surface area contributed by atoms with Crippen molar-refractivity contribution >= 4 is 34.7 Å². The summed E-state index contributed by atoms with van der Waals surface area (Å²) < 4.78 is 0. The number of hydrogen-bond acceptors (Lipinski definition) is 5. The van der Waals surface area contributed by atoms with Gasteiger partial charge in [0.15, 0.2) is 0 Å². The summed E-state index contributed by atoms with van der Waals surface area (Å²) in [5, 5.41) is 5.80. The van der Waals surface area contributed by atoms with E-state index in [2.05, 4.69) is 20.6 Å². The maximum Gasteiger partial charge on any atom is 0.278 e. The van der Waals surface area contributed by atoms with Crippen LogP contribution in [-0.4, -0.2) is 28.8 Å². The summed E-state index contributed by atoms with van der Waals surface area (Å²) in [6.45, 7) is 1.46. The van der Waals surface area contributed by atoms with Crippen LogP contribution in [0.4, 0.5) is 22.9 Å². The van der Waals surface area contributed by atoms with Gasteiger partial charge in [0, 0.05) is 31.0 Å². The lowest BCUT2D eigenvalue weighted by Gasteiger charge is -2.16. The summed E-state index contributed by atoms with van der Waals surface area (Å²) in [5.41, 5.74) is 2.54. The topological polar surface area (TPSA) is 87.2 Å². The van der Waals surface area contributed by atoms with E-state index in [0.29, 0.717) is 11.5 Å². The van der Waals surface area contributed by atoms with E-state index < -0.39 is 0 Å². The van der Waals surface area contributed by atoms with Gasteiger partial charge < -0.3 is 15.5 Å². The summed E-state index contributed by atoms with van der Waals surface area (Å²) in [6, 6.07) is 16.5. The standard InChI is InChI=1S/C20H19N5O2/c1-14(26)23-15-8-10-16(11-9-15)24-19-13-21-18(12-22-19)20(27)25(2)17-6-4-3-5-7-17/h3-13H,1-2H3,(H,22,24)(H,23,26). The van der Waals surface area contributed by atoms with Crippen molar-refractivity contribution in [3.63, 3.8) is 0 Å². The molecule has 2 N–H and O–H groups in total. The zero-order valence-electron chi connectivity index (χ0n) is 15.0. The highest BCUT2D eigenvalue weighted by Crippen LogP contribution is 2.18. The molecule has 0 bridgehead atoms. The molecule has 2 aromatic carbocycles. The lowest BCUT2D eigenvalue weighted by molar-refractivity contribution is -0.114. The number of carbonyl (C=O) groups is 2. The van der Waals surface area contributed by atoms with Crippen LogP contribution in [0, 0.1) is 0 Å². The Morgan fingerprint density at radius 2 is 1.56 bits per heavy atom. The summed E-state index contributed by atoms with van der Waals surface area (Å²) in [7, 11) is 1.70. The van der Waals surface area contributed by atoms with E-state index >= 15 is 0 Å². The molecule has 2 amide bonds. The van der Waals surface area contributed by atoms with Gasteiger partial charge in [0.25, 0.3) is 5.91 Å². The number of anilines is 4. The van der Waals surface area contributed by atoms with Gasteiger partial charge in [0.1, 0.15) is 11.5 Å². The SMILES string of the molecule is CC(=O)Nc1ccc(Nc2cnc(C(=O)N(C)c3ccccc3)cn2)cc1. The van der Waals surface area contributed by atoms with Gasteiger partial charge in [-0.3, -0.25) is 9.59 Å². The Morgan fingerprint density at radius 1 is 0.889 bits per heavy atom. The molecule has 0 radical (unpaired) electrons. The second-order valence-electron chi connectivity index (χ2n) is 5.87. The van der Waals surface area contributed by atoms with Crippen LogP contribution < -0.4 is 15.5 Å². The fraction of sp³-hybridized carbons (Fsp3) is 0.100. The molecule has 1 aromatic heterocycles. The number of benzene rings is 2. The van der Waals surface area contributed by atoms with E-state index in [4.69, 9.17) is 0 Å². The maximum absolute atomic E-state index is 12.5. The molecule has 0 saturated heterocycles. The van der Waals surface area contributed by atoms with Gasteiger partial charge in [-0.1, -0.05) is 18.2 Å². The highest BCUT2D eigenvalue weighted by molar-refractivity contribution is 6.04. The molecule has 0 fully saturated rings. The molecule has 0 unspecified atom stereocenters. The monoisotopic (exact) mass is 361 g/mol. The average molecular weight is 361 g/mol. The number of rotatable bonds is 5. The molecular formula is C20H19N5O2. The number of nitrogens with one attached hydrogen (secondary N) is 2. The van der Waals surface area contributed by atoms with E-state index in [1.165, 1.54) is 24.2 Å². The van der Waals surface area contributed by atoms with Crippen LogP contribution in [0.1, 0.15) is 17.4 Å². The quantitative estimate of drug-likeness (QED) is 0.727. The number of nitrogens with zero attached hydrogens (tertiary/aromatic N) is 3. The van der Waals surface area contributed by atoms with E-state index in [1.807, 2.05) is 42.5 Å². The largest absolute Gasteiger partial charge is 0.339 e. The van der Waals surface area contributed by atoms with Gasteiger partial charge in [-0.05, 0) is 36.4 Å². The molecule has 7 nitrogen and oxygen atoms in total. The predicted molar refractivity (Wildman–Crippen MR) is 105 cm³/mol. The van der Waals surface area contributed by atoms with Crippen molar-refractivity contribution in [1.82, 2.24) is 9.97 Å². The van der Waals surface area contributed by atoms with Crippen LogP contribution in [0.15, 0.2) is 67.0 Å². The zero-order valence-corrected chi connectivity index (χ0v) is 15.0. The number of hydrogen-bond donors (Lipinski definition) is 2. The van der Waals surface area contributed by atoms with Crippen LogP contribution in [0.3, 0.4) is 0 Å². The Hall–Kier alpha value is -3.74. The van der Waals surface area contributed by atoms with Gasteiger partial charge in [0.05, 0.1) is 12.4 Å². The smallest absolute Gasteiger partial charge is 0.278 e. The van der Waals surface area contributed by atoms with Gasteiger partial charge in [-0.25, -0.2) is 9.97 Å². The first kappa shape index (κ1) is 18.1. The van der Waals surface area contributed by atoms with E-state index in [1.54, 1.807) is 19.2 Å². The van der Waals surface area contributed by atoms with E-state index in [9.17, 15) is 9.59 Å². The molecule has 0 spiro atoms. The highest BCUT2D eigenvalue weighted by atomic mass is 16.2. The van der Waals surface area contributed by atoms with Crippen molar-refractivity contribution < 1.29 is 9.59 Å². The molecule has 7 heteroatoms. The minimum absolute atomic E-state index is 0.123. The Kier molecular flexibility index (Phi) is 5.41. The molecule has 1 heterocycles. The van der Waals surface area contributed by atoms with E-state index in [-0.39, 0.29) is 17.5 Å². The molecule has 0 aliphatic rings. The van der Waals surface area contributed by atoms with Crippen molar-refractivity contribution in [2.24, 2.45) is 0 Å². The lowest BCUT2D eigenvalue weighted by Crippen LogP contribution is -2.27. The fourth-order valence-electron chi connectivity index (χ4n) is 2.43.